The van der Waals surface area contributed by atoms with Crippen LogP contribution in [0.15, 0.2) is 78.9 Å². The van der Waals surface area contributed by atoms with Gasteiger partial charge in [0.1, 0.15) is 0 Å². The molecule has 30 heavy (non-hydrogen) atoms. The fourth-order valence-electron chi connectivity index (χ4n) is 6.10. The molecule has 0 bridgehead atoms. The highest BCUT2D eigenvalue weighted by atomic mass is 16.7. The zero-order valence-electron chi connectivity index (χ0n) is 17.4. The van der Waals surface area contributed by atoms with E-state index in [1.807, 2.05) is 0 Å². The average molecular weight is 395 g/mol. The van der Waals surface area contributed by atoms with Crippen LogP contribution in [0.2, 0.25) is 0 Å². The lowest BCUT2D eigenvalue weighted by Crippen LogP contribution is -2.45. The largest absolute Gasteiger partial charge is 0.352 e. The summed E-state index contributed by atoms with van der Waals surface area (Å²) in [6.45, 7) is 0.783. The third-order valence-electron chi connectivity index (χ3n) is 7.55. The highest BCUT2D eigenvalue weighted by molar-refractivity contribution is 6.13. The van der Waals surface area contributed by atoms with Crippen LogP contribution >= 0.6 is 0 Å². The molecular formula is C28H26O2. The van der Waals surface area contributed by atoms with Crippen LogP contribution in [0, 0.1) is 0 Å². The van der Waals surface area contributed by atoms with Gasteiger partial charge in [-0.15, -0.1) is 0 Å². The zero-order valence-corrected chi connectivity index (χ0v) is 17.4. The maximum Gasteiger partial charge on any atom is 0.177 e. The van der Waals surface area contributed by atoms with Gasteiger partial charge in [0.25, 0.3) is 0 Å². The first-order chi connectivity index (χ1) is 14.8. The van der Waals surface area contributed by atoms with Crippen LogP contribution in [-0.2, 0) is 14.9 Å². The lowest BCUT2D eigenvalue weighted by atomic mass is 9.74. The van der Waals surface area contributed by atoms with E-state index in [2.05, 4.69) is 78.9 Å². The summed E-state index contributed by atoms with van der Waals surface area (Å²) in [7, 11) is 1.81. The number of methoxy groups -OCH3 is 1. The van der Waals surface area contributed by atoms with Gasteiger partial charge < -0.3 is 9.47 Å². The smallest absolute Gasteiger partial charge is 0.177 e. The van der Waals surface area contributed by atoms with Crippen molar-refractivity contribution in [2.45, 2.75) is 36.9 Å². The van der Waals surface area contributed by atoms with E-state index < -0.39 is 5.79 Å². The van der Waals surface area contributed by atoms with Crippen molar-refractivity contribution in [1.82, 2.24) is 0 Å². The summed E-state index contributed by atoms with van der Waals surface area (Å²) in [6, 6.07) is 28.9. The highest BCUT2D eigenvalue weighted by Crippen LogP contribution is 2.57. The van der Waals surface area contributed by atoms with Crippen LogP contribution in [0.1, 0.15) is 31.2 Å². The van der Waals surface area contributed by atoms with Crippen LogP contribution in [-0.4, -0.2) is 19.5 Å². The SMILES string of the molecule is CO[C@]12CCC[C@@]1(c1ccc(-c3cc4ccccc4c4ccccc34)cc1)CCO2. The van der Waals surface area contributed by atoms with Gasteiger partial charge in [-0.1, -0.05) is 72.8 Å². The van der Waals surface area contributed by atoms with E-state index in [0.717, 1.165) is 32.3 Å². The number of benzene rings is 4. The number of ether oxygens (including phenoxy) is 2. The van der Waals surface area contributed by atoms with Crippen molar-refractivity contribution < 1.29 is 9.47 Å². The molecule has 2 nitrogen and oxygen atoms in total. The quantitative estimate of drug-likeness (QED) is 0.354. The van der Waals surface area contributed by atoms with Crippen LogP contribution in [0.4, 0.5) is 0 Å². The third-order valence-corrected chi connectivity index (χ3v) is 7.55. The van der Waals surface area contributed by atoms with E-state index in [9.17, 15) is 0 Å². The number of hydrogen-bond donors (Lipinski definition) is 0. The molecule has 0 amide bonds. The van der Waals surface area contributed by atoms with Crippen molar-refractivity contribution in [2.24, 2.45) is 0 Å². The molecule has 1 saturated heterocycles. The van der Waals surface area contributed by atoms with Gasteiger partial charge in [0.05, 0.1) is 12.0 Å². The van der Waals surface area contributed by atoms with E-state index >= 15 is 0 Å². The summed E-state index contributed by atoms with van der Waals surface area (Å²) >= 11 is 0. The summed E-state index contributed by atoms with van der Waals surface area (Å²) in [5.41, 5.74) is 3.90. The molecule has 150 valence electrons. The van der Waals surface area contributed by atoms with E-state index in [0.29, 0.717) is 0 Å². The van der Waals surface area contributed by atoms with Gasteiger partial charge in [0.15, 0.2) is 5.79 Å². The Morgan fingerprint density at radius 1 is 0.767 bits per heavy atom. The minimum atomic E-state index is -0.440. The highest BCUT2D eigenvalue weighted by Gasteiger charge is 2.60. The molecule has 0 spiro atoms. The average Bonchev–Trinajstić information content (AvgIpc) is 3.35. The summed E-state index contributed by atoms with van der Waals surface area (Å²) in [6.07, 6.45) is 4.32. The lowest BCUT2D eigenvalue weighted by molar-refractivity contribution is -0.213. The van der Waals surface area contributed by atoms with E-state index in [-0.39, 0.29) is 5.41 Å². The molecule has 6 rings (SSSR count). The Hall–Kier alpha value is -2.68. The molecule has 0 radical (unpaired) electrons. The van der Waals surface area contributed by atoms with Gasteiger partial charge in [-0.25, -0.2) is 0 Å². The molecule has 1 aliphatic carbocycles. The Bertz CT molecular complexity index is 1230. The molecular weight excluding hydrogens is 368 g/mol. The first-order valence-electron chi connectivity index (χ1n) is 11.0. The van der Waals surface area contributed by atoms with Crippen LogP contribution in [0.3, 0.4) is 0 Å². The van der Waals surface area contributed by atoms with Gasteiger partial charge >= 0.3 is 0 Å². The van der Waals surface area contributed by atoms with Crippen molar-refractivity contribution in [2.75, 3.05) is 13.7 Å². The molecule has 1 aliphatic heterocycles. The van der Waals surface area contributed by atoms with Gasteiger partial charge in [-0.3, -0.25) is 0 Å². The van der Waals surface area contributed by atoms with Gasteiger partial charge in [-0.05, 0) is 63.6 Å². The molecule has 4 aromatic carbocycles. The minimum Gasteiger partial charge on any atom is -0.352 e. The zero-order chi connectivity index (χ0) is 20.2. The topological polar surface area (TPSA) is 18.5 Å². The second-order valence-corrected chi connectivity index (χ2v) is 8.76. The van der Waals surface area contributed by atoms with E-state index in [1.165, 1.54) is 38.2 Å². The van der Waals surface area contributed by atoms with Crippen molar-refractivity contribution in [3.63, 3.8) is 0 Å². The fraction of sp³-hybridized carbons (Fsp3) is 0.286. The predicted molar refractivity (Wildman–Crippen MR) is 123 cm³/mol. The number of fused-ring (bicyclic) bond motifs is 4. The Kier molecular flexibility index (Phi) is 4.02. The monoisotopic (exact) mass is 394 g/mol. The Morgan fingerprint density at radius 2 is 1.50 bits per heavy atom. The van der Waals surface area contributed by atoms with Crippen molar-refractivity contribution in [3.8, 4) is 11.1 Å². The van der Waals surface area contributed by atoms with E-state index in [1.54, 1.807) is 7.11 Å². The molecule has 1 saturated carbocycles. The minimum absolute atomic E-state index is 0.00820. The van der Waals surface area contributed by atoms with Crippen LogP contribution < -0.4 is 0 Å². The fourth-order valence-corrected chi connectivity index (χ4v) is 6.10. The second-order valence-electron chi connectivity index (χ2n) is 8.76. The first kappa shape index (κ1) is 18.1. The Morgan fingerprint density at radius 3 is 2.30 bits per heavy atom. The Labute approximate surface area is 177 Å². The Balaban J connectivity index is 1.49. The number of rotatable bonds is 3. The second kappa shape index (κ2) is 6.66. The maximum atomic E-state index is 6.17. The standard InChI is InChI=1S/C28H26O2/c1-29-28-16-6-15-27(28,17-18-30-28)22-13-11-20(12-14-22)26-19-21-7-2-3-8-23(21)24-9-4-5-10-25(24)26/h2-5,7-14,19H,6,15-18H2,1H3/t27-,28-/m0/s1. The molecule has 2 atom stereocenters. The van der Waals surface area contributed by atoms with Gasteiger partial charge in [0, 0.05) is 13.5 Å². The third kappa shape index (κ3) is 2.38. The van der Waals surface area contributed by atoms with Crippen LogP contribution in [0.5, 0.6) is 0 Å². The summed E-state index contributed by atoms with van der Waals surface area (Å²) in [4.78, 5) is 0. The van der Waals surface area contributed by atoms with Crippen molar-refractivity contribution >= 4 is 21.5 Å². The van der Waals surface area contributed by atoms with Gasteiger partial charge in [-0.2, -0.15) is 0 Å². The molecule has 2 fully saturated rings. The van der Waals surface area contributed by atoms with Crippen molar-refractivity contribution in [1.29, 1.82) is 0 Å². The lowest BCUT2D eigenvalue weighted by Gasteiger charge is -2.38. The molecule has 0 N–H and O–H groups in total. The molecule has 0 aromatic heterocycles. The molecule has 2 heteroatoms. The summed E-state index contributed by atoms with van der Waals surface area (Å²) in [5, 5.41) is 5.21. The maximum absolute atomic E-state index is 6.17. The molecule has 2 aliphatic rings. The summed E-state index contributed by atoms with van der Waals surface area (Å²) in [5.74, 6) is -0.440. The molecule has 0 unspecified atom stereocenters. The van der Waals surface area contributed by atoms with Crippen molar-refractivity contribution in [3.05, 3.63) is 84.4 Å². The normalized spacial score (nSPS) is 25.8. The summed E-state index contributed by atoms with van der Waals surface area (Å²) < 4.78 is 12.1. The number of hydrogen-bond acceptors (Lipinski definition) is 2. The van der Waals surface area contributed by atoms with E-state index in [4.69, 9.17) is 9.47 Å². The molecule has 4 aromatic rings. The molecule has 1 heterocycles. The van der Waals surface area contributed by atoms with Crippen LogP contribution in [0.25, 0.3) is 32.7 Å². The predicted octanol–water partition coefficient (Wildman–Crippen LogP) is 6.84. The van der Waals surface area contributed by atoms with Gasteiger partial charge in [0.2, 0.25) is 0 Å². The first-order valence-corrected chi connectivity index (χ1v) is 11.0.